The predicted octanol–water partition coefficient (Wildman–Crippen LogP) is 3.44. The maximum absolute atomic E-state index is 6.12. The summed E-state index contributed by atoms with van der Waals surface area (Å²) in [4.78, 5) is 0. The highest BCUT2D eigenvalue weighted by Gasteiger charge is 2.27. The van der Waals surface area contributed by atoms with E-state index in [0.717, 1.165) is 12.7 Å². The maximum Gasteiger partial charge on any atom is 0.356 e. The van der Waals surface area contributed by atoms with Crippen LogP contribution in [0.4, 0.5) is 0 Å². The summed E-state index contributed by atoms with van der Waals surface area (Å²) >= 11 is 8.40. The second-order valence-corrected chi connectivity index (χ2v) is 13.2. The van der Waals surface area contributed by atoms with Gasteiger partial charge in [0.2, 0.25) is 0 Å². The zero-order valence-electron chi connectivity index (χ0n) is 6.49. The van der Waals surface area contributed by atoms with Crippen molar-refractivity contribution in [3.8, 4) is 0 Å². The van der Waals surface area contributed by atoms with Crippen molar-refractivity contribution in [2.45, 2.75) is 32.7 Å². The first-order chi connectivity index (χ1) is 4.62. The fourth-order valence-electron chi connectivity index (χ4n) is 0.666. The lowest BCUT2D eigenvalue weighted by Crippen LogP contribution is -2.22. The lowest BCUT2D eigenvalue weighted by Gasteiger charge is -2.15. The van der Waals surface area contributed by atoms with Crippen LogP contribution in [0.1, 0.15) is 26.7 Å². The van der Waals surface area contributed by atoms with Gasteiger partial charge in [-0.2, -0.15) is 0 Å². The van der Waals surface area contributed by atoms with Crippen molar-refractivity contribution in [3.63, 3.8) is 0 Å². The Morgan fingerprint density at radius 3 is 2.50 bits per heavy atom. The van der Waals surface area contributed by atoms with E-state index in [1.165, 1.54) is 12.8 Å². The number of halogens is 2. The van der Waals surface area contributed by atoms with Crippen LogP contribution in [0.5, 0.6) is 0 Å². The Morgan fingerprint density at radius 2 is 2.10 bits per heavy atom. The van der Waals surface area contributed by atoms with Gasteiger partial charge in [0, 0.05) is 6.61 Å². The van der Waals surface area contributed by atoms with Gasteiger partial charge in [-0.3, -0.25) is 0 Å². The fourth-order valence-corrected chi connectivity index (χ4v) is 4.80. The lowest BCUT2D eigenvalue weighted by atomic mass is 10.4. The third kappa shape index (κ3) is 5.94. The molecule has 0 amide bonds. The van der Waals surface area contributed by atoms with E-state index in [0.29, 0.717) is 0 Å². The number of rotatable bonds is 5. The van der Waals surface area contributed by atoms with Crippen molar-refractivity contribution in [3.05, 3.63) is 0 Å². The van der Waals surface area contributed by atoms with Gasteiger partial charge in [0.05, 0.1) is 0 Å². The molecule has 0 aliphatic carbocycles. The molecule has 0 fully saturated rings. The molecule has 0 saturated carbocycles. The third-order valence-electron chi connectivity index (χ3n) is 1.18. The van der Waals surface area contributed by atoms with Crippen molar-refractivity contribution < 1.29 is 4.43 Å². The van der Waals surface area contributed by atoms with Gasteiger partial charge in [-0.15, -0.1) is 11.1 Å². The zero-order chi connectivity index (χ0) is 8.04. The fraction of sp³-hybridized carbons (Fsp3) is 1.00. The molecule has 0 bridgehead atoms. The molecule has 0 aromatic carbocycles. The molecule has 0 saturated heterocycles. The van der Waals surface area contributed by atoms with Crippen molar-refractivity contribution in [2.24, 2.45) is 0 Å². The van der Waals surface area contributed by atoms with Gasteiger partial charge in [-0.1, -0.05) is 41.6 Å². The summed E-state index contributed by atoms with van der Waals surface area (Å²) in [7, 11) is 0. The molecular weight excluding hydrogens is 279 g/mol. The average Bonchev–Trinajstić information content (AvgIpc) is 1.84. The molecule has 10 heavy (non-hydrogen) atoms. The molecule has 0 aromatic heterocycles. The molecule has 0 spiro atoms. The molecule has 0 aliphatic rings. The third-order valence-corrected chi connectivity index (χ3v) is 6.27. The van der Waals surface area contributed by atoms with Crippen LogP contribution in [0.2, 0.25) is 6.04 Å². The van der Waals surface area contributed by atoms with E-state index in [1.54, 1.807) is 0 Å². The minimum absolute atomic E-state index is 0.752. The quantitative estimate of drug-likeness (QED) is 0.428. The molecule has 1 unspecified atom stereocenters. The second kappa shape index (κ2) is 5.80. The van der Waals surface area contributed by atoms with E-state index in [1.807, 2.05) is 6.92 Å². The van der Waals surface area contributed by atoms with E-state index in [4.69, 9.17) is 15.5 Å². The van der Waals surface area contributed by atoms with E-state index >= 15 is 0 Å². The van der Waals surface area contributed by atoms with E-state index in [-0.39, 0.29) is 0 Å². The van der Waals surface area contributed by atoms with Gasteiger partial charge >= 0.3 is 5.12 Å². The van der Waals surface area contributed by atoms with Crippen LogP contribution in [0.25, 0.3) is 0 Å². The van der Waals surface area contributed by atoms with Gasteiger partial charge < -0.3 is 4.43 Å². The van der Waals surface area contributed by atoms with Crippen molar-refractivity contribution in [2.75, 3.05) is 6.61 Å². The van der Waals surface area contributed by atoms with Gasteiger partial charge in [0.15, 0.2) is 0 Å². The van der Waals surface area contributed by atoms with Crippen LogP contribution in [-0.4, -0.2) is 11.7 Å². The normalized spacial score (nSPS) is 16.8. The molecule has 0 heterocycles. The molecule has 1 atom stereocenters. The Morgan fingerprint density at radius 1 is 1.50 bits per heavy atom. The second-order valence-electron chi connectivity index (χ2n) is 2.17. The molecule has 0 N–H and O–H groups in total. The first-order valence-electron chi connectivity index (χ1n) is 3.64. The molecule has 0 aliphatic heterocycles. The Bertz CT molecular complexity index is 89.8. The summed E-state index contributed by atoms with van der Waals surface area (Å²) in [6, 6.07) is 1.07. The maximum atomic E-state index is 6.12. The van der Waals surface area contributed by atoms with E-state index in [9.17, 15) is 0 Å². The monoisotopic (exact) mass is 292 g/mol. The van der Waals surface area contributed by atoms with Crippen LogP contribution in [0.3, 0.4) is 0 Å². The molecule has 0 rings (SSSR count). The van der Waals surface area contributed by atoms with Crippen LogP contribution >= 0.6 is 32.9 Å². The van der Waals surface area contributed by atoms with Gasteiger partial charge in [0.25, 0.3) is 0 Å². The Hall–Kier alpha value is 1.20. The average molecular weight is 293 g/mol. The summed E-state index contributed by atoms with van der Waals surface area (Å²) in [5, 5.41) is -1.78. The summed E-state index contributed by atoms with van der Waals surface area (Å²) < 4.78 is 5.42. The van der Waals surface area contributed by atoms with Crippen LogP contribution in [0, 0.1) is 0 Å². The smallest absolute Gasteiger partial charge is 0.356 e. The van der Waals surface area contributed by atoms with Crippen LogP contribution in [0.15, 0.2) is 0 Å². The Balaban J connectivity index is 3.42. The van der Waals surface area contributed by atoms with E-state index in [2.05, 4.69) is 28.7 Å². The van der Waals surface area contributed by atoms with Crippen molar-refractivity contribution >= 4 is 38.0 Å². The first kappa shape index (κ1) is 11.2. The van der Waals surface area contributed by atoms with E-state index < -0.39 is 5.12 Å². The minimum Gasteiger partial charge on any atom is -0.396 e. The molecule has 0 aromatic rings. The molecule has 1 nitrogen and oxygen atoms in total. The summed E-state index contributed by atoms with van der Waals surface area (Å²) in [6.45, 7) is 4.92. The van der Waals surface area contributed by atoms with Crippen molar-refractivity contribution in [1.82, 2.24) is 0 Å². The highest BCUT2D eigenvalue weighted by molar-refractivity contribution is 14.1. The Labute approximate surface area is 81.5 Å². The highest BCUT2D eigenvalue weighted by Crippen LogP contribution is 2.26. The molecular formula is C6H14ClIOSi. The summed E-state index contributed by atoms with van der Waals surface area (Å²) in [5.41, 5.74) is 0. The number of hydrogen-bond donors (Lipinski definition) is 0. The first-order valence-corrected chi connectivity index (χ1v) is 9.88. The molecule has 62 valence electrons. The topological polar surface area (TPSA) is 9.23 Å². The molecule has 4 heteroatoms. The summed E-state index contributed by atoms with van der Waals surface area (Å²) in [6.07, 6.45) is 2.40. The van der Waals surface area contributed by atoms with Crippen LogP contribution in [-0.2, 0) is 4.43 Å². The minimum atomic E-state index is -1.78. The van der Waals surface area contributed by atoms with Gasteiger partial charge in [0.1, 0.15) is 0 Å². The highest BCUT2D eigenvalue weighted by atomic mass is 127. The number of hydrogen-bond acceptors (Lipinski definition) is 1. The Kier molecular flexibility index (Phi) is 6.49. The largest absolute Gasteiger partial charge is 0.396 e. The zero-order valence-corrected chi connectivity index (χ0v) is 10.4. The number of unbranched alkanes of at least 4 members (excludes halogenated alkanes) is 1. The lowest BCUT2D eigenvalue weighted by molar-refractivity contribution is 0.351. The summed E-state index contributed by atoms with van der Waals surface area (Å²) in [5.74, 6) is 0. The van der Waals surface area contributed by atoms with Crippen LogP contribution < -0.4 is 0 Å². The molecule has 0 radical (unpaired) electrons. The van der Waals surface area contributed by atoms with Gasteiger partial charge in [-0.05, 0) is 13.0 Å². The standard InChI is InChI=1S/C6H14ClIOSi/c1-3-5-6-10(7,8)9-4-2/h3-6H2,1-2H3. The predicted molar refractivity (Wildman–Crippen MR) is 57.0 cm³/mol. The SMILES string of the molecule is CCCC[Si](Cl)(I)OCC. The van der Waals surface area contributed by atoms with Gasteiger partial charge in [-0.25, -0.2) is 0 Å². The van der Waals surface area contributed by atoms with Crippen molar-refractivity contribution in [1.29, 1.82) is 0 Å².